The molecule has 0 unspecified atom stereocenters. The topological polar surface area (TPSA) is 81.4 Å². The van der Waals surface area contributed by atoms with Crippen LogP contribution < -0.4 is 10.3 Å². The van der Waals surface area contributed by atoms with E-state index in [1.54, 1.807) is 37.4 Å². The Morgan fingerprint density at radius 2 is 1.82 bits per heavy atom. The highest BCUT2D eigenvalue weighted by molar-refractivity contribution is 5.94. The van der Waals surface area contributed by atoms with Gasteiger partial charge in [-0.1, -0.05) is 55.8 Å². The maximum absolute atomic E-state index is 13.2. The maximum atomic E-state index is 13.2. The zero-order valence-electron chi connectivity index (χ0n) is 15.9. The predicted molar refractivity (Wildman–Crippen MR) is 108 cm³/mol. The van der Waals surface area contributed by atoms with Crippen molar-refractivity contribution in [3.8, 4) is 28.4 Å². The Balaban J connectivity index is 2.34. The molecular weight excluding hydrogens is 356 g/mol. The second kappa shape index (κ2) is 8.52. The lowest BCUT2D eigenvalue weighted by Gasteiger charge is -2.16. The zero-order valence-corrected chi connectivity index (χ0v) is 15.9. The third-order valence-corrected chi connectivity index (χ3v) is 4.49. The molecule has 1 heterocycles. The minimum Gasteiger partial charge on any atom is -0.497 e. The van der Waals surface area contributed by atoms with Gasteiger partial charge in [0.15, 0.2) is 5.56 Å². The van der Waals surface area contributed by atoms with Crippen LogP contribution in [0, 0.1) is 0 Å². The first kappa shape index (κ1) is 19.4. The zero-order chi connectivity index (χ0) is 20.1. The Bertz CT molecular complexity index is 1040. The first-order valence-electron chi connectivity index (χ1n) is 9.14. The summed E-state index contributed by atoms with van der Waals surface area (Å²) >= 11 is 0. The number of benzene rings is 2. The third-order valence-electron chi connectivity index (χ3n) is 4.49. The van der Waals surface area contributed by atoms with Crippen molar-refractivity contribution >= 4 is 5.97 Å². The maximum Gasteiger partial charge on any atom is 0.343 e. The standard InChI is InChI=1S/C22H22N2O4/c1-3-4-13-24-20(16-11-8-12-17(14-16)28-2)23-19(15-9-6-5-7-10-15)18(21(24)25)22(26)27/h5-12,14H,3-4,13H2,1-2H3,(H,26,27). The number of aromatic carboxylic acids is 1. The Hall–Kier alpha value is -3.41. The molecule has 3 rings (SSSR count). The number of hydrogen-bond donors (Lipinski definition) is 1. The van der Waals surface area contributed by atoms with E-state index in [-0.39, 0.29) is 11.3 Å². The van der Waals surface area contributed by atoms with Crippen molar-refractivity contribution in [1.82, 2.24) is 9.55 Å². The van der Waals surface area contributed by atoms with E-state index in [2.05, 4.69) is 4.98 Å². The summed E-state index contributed by atoms with van der Waals surface area (Å²) in [6.45, 7) is 2.41. The lowest BCUT2D eigenvalue weighted by molar-refractivity contribution is 0.0694. The number of carboxylic acid groups (broad SMARTS) is 1. The summed E-state index contributed by atoms with van der Waals surface area (Å²) in [7, 11) is 1.57. The minimum absolute atomic E-state index is 0.170. The lowest BCUT2D eigenvalue weighted by Crippen LogP contribution is -2.30. The average molecular weight is 378 g/mol. The molecule has 0 fully saturated rings. The van der Waals surface area contributed by atoms with E-state index < -0.39 is 11.5 Å². The molecule has 3 aromatic rings. The van der Waals surface area contributed by atoms with Gasteiger partial charge in [-0.3, -0.25) is 9.36 Å². The molecule has 1 N–H and O–H groups in total. The Morgan fingerprint density at radius 1 is 1.11 bits per heavy atom. The molecule has 0 atom stereocenters. The van der Waals surface area contributed by atoms with Crippen LogP contribution in [-0.2, 0) is 6.54 Å². The van der Waals surface area contributed by atoms with Gasteiger partial charge in [-0.25, -0.2) is 9.78 Å². The summed E-state index contributed by atoms with van der Waals surface area (Å²) in [6, 6.07) is 16.2. The van der Waals surface area contributed by atoms with E-state index in [1.165, 1.54) is 4.57 Å². The molecule has 0 bridgehead atoms. The molecule has 0 spiro atoms. The van der Waals surface area contributed by atoms with Crippen molar-refractivity contribution in [2.45, 2.75) is 26.3 Å². The number of nitrogens with zero attached hydrogens (tertiary/aromatic N) is 2. The number of carbonyl (C=O) groups is 1. The van der Waals surface area contributed by atoms with Crippen LogP contribution in [0.3, 0.4) is 0 Å². The van der Waals surface area contributed by atoms with E-state index in [0.717, 1.165) is 12.8 Å². The van der Waals surface area contributed by atoms with Crippen molar-refractivity contribution in [1.29, 1.82) is 0 Å². The molecule has 6 nitrogen and oxygen atoms in total. The van der Waals surface area contributed by atoms with Crippen molar-refractivity contribution in [2.24, 2.45) is 0 Å². The average Bonchev–Trinajstić information content (AvgIpc) is 2.72. The molecule has 1 aromatic heterocycles. The van der Waals surface area contributed by atoms with E-state index >= 15 is 0 Å². The summed E-state index contributed by atoms with van der Waals surface area (Å²) in [5, 5.41) is 9.73. The summed E-state index contributed by atoms with van der Waals surface area (Å²) in [5.41, 5.74) is 0.593. The lowest BCUT2D eigenvalue weighted by atomic mass is 10.1. The van der Waals surface area contributed by atoms with Gasteiger partial charge in [0.05, 0.1) is 12.8 Å². The van der Waals surface area contributed by atoms with E-state index in [9.17, 15) is 14.7 Å². The highest BCUT2D eigenvalue weighted by Crippen LogP contribution is 2.26. The first-order chi connectivity index (χ1) is 13.6. The number of ether oxygens (including phenoxy) is 1. The highest BCUT2D eigenvalue weighted by Gasteiger charge is 2.23. The molecule has 28 heavy (non-hydrogen) atoms. The van der Waals surface area contributed by atoms with E-state index in [4.69, 9.17) is 4.74 Å². The van der Waals surface area contributed by atoms with Crippen LogP contribution in [0.1, 0.15) is 30.1 Å². The SMILES string of the molecule is CCCCn1c(-c2cccc(OC)c2)nc(-c2ccccc2)c(C(=O)O)c1=O. The summed E-state index contributed by atoms with van der Waals surface area (Å²) in [6.07, 6.45) is 1.61. The molecule has 2 aromatic carbocycles. The van der Waals surface area contributed by atoms with Crippen LogP contribution in [0.15, 0.2) is 59.4 Å². The van der Waals surface area contributed by atoms with Gasteiger partial charge in [0.2, 0.25) is 0 Å². The molecule has 0 radical (unpaired) electrons. The fourth-order valence-electron chi connectivity index (χ4n) is 3.06. The third kappa shape index (κ3) is 3.81. The highest BCUT2D eigenvalue weighted by atomic mass is 16.5. The van der Waals surface area contributed by atoms with Crippen LogP contribution in [0.4, 0.5) is 0 Å². The molecule has 0 saturated carbocycles. The number of carboxylic acids is 1. The Morgan fingerprint density at radius 3 is 2.46 bits per heavy atom. The predicted octanol–water partition coefficient (Wildman–Crippen LogP) is 4.08. The number of hydrogen-bond acceptors (Lipinski definition) is 4. The summed E-state index contributed by atoms with van der Waals surface area (Å²) in [5.74, 6) is -0.211. The number of unbranched alkanes of at least 4 members (excludes halogenated alkanes) is 1. The van der Waals surface area contributed by atoms with Crippen molar-refractivity contribution in [3.63, 3.8) is 0 Å². The summed E-state index contributed by atoms with van der Waals surface area (Å²) in [4.78, 5) is 29.7. The quantitative estimate of drug-likeness (QED) is 0.670. The van der Waals surface area contributed by atoms with Crippen LogP contribution in [0.25, 0.3) is 22.6 Å². The molecule has 0 amide bonds. The molecular formula is C22H22N2O4. The first-order valence-corrected chi connectivity index (χ1v) is 9.14. The second-order valence-corrected chi connectivity index (χ2v) is 6.37. The van der Waals surface area contributed by atoms with Crippen LogP contribution in [0.5, 0.6) is 5.75 Å². The van der Waals surface area contributed by atoms with Gasteiger partial charge in [0.1, 0.15) is 11.6 Å². The van der Waals surface area contributed by atoms with Gasteiger partial charge in [-0.2, -0.15) is 0 Å². The molecule has 0 aliphatic rings. The van der Waals surface area contributed by atoms with Crippen LogP contribution in [-0.4, -0.2) is 27.7 Å². The van der Waals surface area contributed by atoms with Crippen molar-refractivity contribution in [3.05, 3.63) is 70.5 Å². The van der Waals surface area contributed by atoms with Crippen LogP contribution in [0.2, 0.25) is 0 Å². The van der Waals surface area contributed by atoms with Gasteiger partial charge in [-0.05, 0) is 18.6 Å². The fourth-order valence-corrected chi connectivity index (χ4v) is 3.06. The Kier molecular flexibility index (Phi) is 5.89. The van der Waals surface area contributed by atoms with Crippen molar-refractivity contribution < 1.29 is 14.6 Å². The van der Waals surface area contributed by atoms with E-state index in [0.29, 0.717) is 29.2 Å². The van der Waals surface area contributed by atoms with Gasteiger partial charge >= 0.3 is 5.97 Å². The molecule has 144 valence electrons. The van der Waals surface area contributed by atoms with Gasteiger partial charge in [-0.15, -0.1) is 0 Å². The van der Waals surface area contributed by atoms with Gasteiger partial charge in [0, 0.05) is 17.7 Å². The second-order valence-electron chi connectivity index (χ2n) is 6.37. The van der Waals surface area contributed by atoms with Gasteiger partial charge < -0.3 is 9.84 Å². The molecule has 0 saturated heterocycles. The Labute approximate surface area is 163 Å². The smallest absolute Gasteiger partial charge is 0.343 e. The monoisotopic (exact) mass is 378 g/mol. The largest absolute Gasteiger partial charge is 0.497 e. The molecule has 0 aliphatic heterocycles. The summed E-state index contributed by atoms with van der Waals surface area (Å²) < 4.78 is 6.75. The number of rotatable bonds is 7. The number of methoxy groups -OCH3 is 1. The molecule has 0 aliphatic carbocycles. The minimum atomic E-state index is -1.28. The van der Waals surface area contributed by atoms with Crippen molar-refractivity contribution in [2.75, 3.05) is 7.11 Å². The number of aromatic nitrogens is 2. The fraction of sp³-hybridized carbons (Fsp3) is 0.227. The normalized spacial score (nSPS) is 10.6. The van der Waals surface area contributed by atoms with Gasteiger partial charge in [0.25, 0.3) is 5.56 Å². The van der Waals surface area contributed by atoms with E-state index in [1.807, 2.05) is 31.2 Å². The molecule has 6 heteroatoms. The van der Waals surface area contributed by atoms with Crippen LogP contribution >= 0.6 is 0 Å².